The first kappa shape index (κ1) is 13.9. The maximum absolute atomic E-state index is 11.1. The van der Waals surface area contributed by atoms with E-state index in [-0.39, 0.29) is 0 Å². The molecule has 0 aromatic rings. The Morgan fingerprint density at radius 2 is 1.73 bits per heavy atom. The number of hydrogen-bond donors (Lipinski definition) is 3. The SMILES string of the molecule is COCCCCNC(=O)C(=O)NCCN. The smallest absolute Gasteiger partial charge is 0.309 e. The average Bonchev–Trinajstić information content (AvgIpc) is 2.25. The lowest BCUT2D eigenvalue weighted by Gasteiger charge is -2.05. The summed E-state index contributed by atoms with van der Waals surface area (Å²) in [6.07, 6.45) is 1.66. The van der Waals surface area contributed by atoms with E-state index in [1.807, 2.05) is 0 Å². The van der Waals surface area contributed by atoms with Crippen LogP contribution in [0.3, 0.4) is 0 Å². The summed E-state index contributed by atoms with van der Waals surface area (Å²) < 4.78 is 4.84. The number of carbonyl (C=O) groups excluding carboxylic acids is 2. The van der Waals surface area contributed by atoms with Gasteiger partial charge in [0.15, 0.2) is 0 Å². The van der Waals surface area contributed by atoms with E-state index in [0.29, 0.717) is 26.2 Å². The number of ether oxygens (including phenoxy) is 1. The summed E-state index contributed by atoms with van der Waals surface area (Å²) >= 11 is 0. The molecular weight excluding hydrogens is 198 g/mol. The number of nitrogens with two attached hydrogens (primary N) is 1. The highest BCUT2D eigenvalue weighted by atomic mass is 16.5. The van der Waals surface area contributed by atoms with Gasteiger partial charge in [-0.15, -0.1) is 0 Å². The lowest BCUT2D eigenvalue weighted by molar-refractivity contribution is -0.139. The monoisotopic (exact) mass is 217 g/mol. The minimum Gasteiger partial charge on any atom is -0.385 e. The third kappa shape index (κ3) is 7.90. The first-order valence-electron chi connectivity index (χ1n) is 4.97. The Morgan fingerprint density at radius 1 is 1.13 bits per heavy atom. The maximum atomic E-state index is 11.1. The molecule has 0 heterocycles. The Labute approximate surface area is 89.5 Å². The molecule has 0 aliphatic carbocycles. The fraction of sp³-hybridized carbons (Fsp3) is 0.778. The van der Waals surface area contributed by atoms with Gasteiger partial charge in [0.2, 0.25) is 0 Å². The van der Waals surface area contributed by atoms with Gasteiger partial charge in [-0.2, -0.15) is 0 Å². The molecular formula is C9H19N3O3. The Hall–Kier alpha value is -1.14. The van der Waals surface area contributed by atoms with Gasteiger partial charge in [-0.05, 0) is 12.8 Å². The number of hydrogen-bond acceptors (Lipinski definition) is 4. The summed E-state index contributed by atoms with van der Waals surface area (Å²) in [6, 6.07) is 0. The van der Waals surface area contributed by atoms with Crippen LogP contribution >= 0.6 is 0 Å². The van der Waals surface area contributed by atoms with Crippen LogP contribution in [-0.4, -0.2) is 45.2 Å². The third-order valence-electron chi connectivity index (χ3n) is 1.70. The molecule has 0 atom stereocenters. The van der Waals surface area contributed by atoms with Crippen molar-refractivity contribution in [1.82, 2.24) is 10.6 Å². The van der Waals surface area contributed by atoms with Crippen molar-refractivity contribution in [3.8, 4) is 0 Å². The largest absolute Gasteiger partial charge is 0.385 e. The first-order chi connectivity index (χ1) is 7.22. The van der Waals surface area contributed by atoms with Crippen molar-refractivity contribution in [3.05, 3.63) is 0 Å². The molecule has 0 fully saturated rings. The van der Waals surface area contributed by atoms with Crippen LogP contribution in [0.2, 0.25) is 0 Å². The molecule has 15 heavy (non-hydrogen) atoms. The van der Waals surface area contributed by atoms with Crippen molar-refractivity contribution >= 4 is 11.8 Å². The summed E-state index contributed by atoms with van der Waals surface area (Å²) in [5, 5.41) is 4.89. The lowest BCUT2D eigenvalue weighted by atomic mass is 10.3. The number of rotatable bonds is 7. The van der Waals surface area contributed by atoms with E-state index in [0.717, 1.165) is 12.8 Å². The predicted molar refractivity (Wildman–Crippen MR) is 56.2 cm³/mol. The number of amides is 2. The van der Waals surface area contributed by atoms with Gasteiger partial charge in [-0.1, -0.05) is 0 Å². The van der Waals surface area contributed by atoms with E-state index in [2.05, 4.69) is 10.6 Å². The van der Waals surface area contributed by atoms with Crippen LogP contribution < -0.4 is 16.4 Å². The molecule has 0 bridgehead atoms. The quantitative estimate of drug-likeness (QED) is 0.361. The van der Waals surface area contributed by atoms with Crippen molar-refractivity contribution in [2.45, 2.75) is 12.8 Å². The second-order valence-electron chi connectivity index (χ2n) is 3.00. The molecule has 0 rings (SSSR count). The molecule has 0 aromatic heterocycles. The minimum absolute atomic E-state index is 0.315. The Kier molecular flexibility index (Phi) is 8.70. The van der Waals surface area contributed by atoms with Gasteiger partial charge in [0.1, 0.15) is 0 Å². The van der Waals surface area contributed by atoms with Crippen LogP contribution in [0, 0.1) is 0 Å². The van der Waals surface area contributed by atoms with Gasteiger partial charge in [-0.3, -0.25) is 9.59 Å². The summed E-state index contributed by atoms with van der Waals surface area (Å²) in [6.45, 7) is 1.79. The fourth-order valence-corrected chi connectivity index (χ4v) is 0.920. The van der Waals surface area contributed by atoms with Crippen molar-refractivity contribution in [2.24, 2.45) is 5.73 Å². The molecule has 0 unspecified atom stereocenters. The normalized spacial score (nSPS) is 9.73. The second kappa shape index (κ2) is 9.42. The third-order valence-corrected chi connectivity index (χ3v) is 1.70. The van der Waals surface area contributed by atoms with E-state index >= 15 is 0 Å². The lowest BCUT2D eigenvalue weighted by Crippen LogP contribution is -2.41. The average molecular weight is 217 g/mol. The van der Waals surface area contributed by atoms with E-state index in [1.165, 1.54) is 0 Å². The Balaban J connectivity index is 3.43. The highest BCUT2D eigenvalue weighted by Gasteiger charge is 2.10. The highest BCUT2D eigenvalue weighted by molar-refractivity contribution is 6.35. The molecule has 0 saturated carbocycles. The summed E-state index contributed by atoms with van der Waals surface area (Å²) in [4.78, 5) is 22.1. The van der Waals surface area contributed by atoms with Gasteiger partial charge in [0, 0.05) is 33.4 Å². The number of methoxy groups -OCH3 is 1. The molecule has 6 nitrogen and oxygen atoms in total. The zero-order chi connectivity index (χ0) is 11.5. The number of unbranched alkanes of at least 4 members (excludes halogenated alkanes) is 1. The van der Waals surface area contributed by atoms with Crippen molar-refractivity contribution < 1.29 is 14.3 Å². The van der Waals surface area contributed by atoms with E-state index < -0.39 is 11.8 Å². The topological polar surface area (TPSA) is 93.4 Å². The predicted octanol–water partition coefficient (Wildman–Crippen LogP) is -1.40. The zero-order valence-corrected chi connectivity index (χ0v) is 9.04. The van der Waals surface area contributed by atoms with E-state index in [4.69, 9.17) is 10.5 Å². The second-order valence-corrected chi connectivity index (χ2v) is 3.00. The molecule has 88 valence electrons. The van der Waals surface area contributed by atoms with Crippen LogP contribution in [-0.2, 0) is 14.3 Å². The van der Waals surface area contributed by atoms with Gasteiger partial charge >= 0.3 is 11.8 Å². The Morgan fingerprint density at radius 3 is 2.27 bits per heavy atom. The molecule has 0 saturated heterocycles. The van der Waals surface area contributed by atoms with E-state index in [9.17, 15) is 9.59 Å². The molecule has 0 aromatic carbocycles. The molecule has 0 spiro atoms. The standard InChI is InChI=1S/C9H19N3O3/c1-15-7-3-2-5-11-8(13)9(14)12-6-4-10/h2-7,10H2,1H3,(H,11,13)(H,12,14). The first-order valence-corrected chi connectivity index (χ1v) is 4.97. The van der Waals surface area contributed by atoms with Gasteiger partial charge in [-0.25, -0.2) is 0 Å². The molecule has 0 aliphatic rings. The molecule has 0 aliphatic heterocycles. The van der Waals surface area contributed by atoms with Crippen LogP contribution in [0.4, 0.5) is 0 Å². The van der Waals surface area contributed by atoms with Gasteiger partial charge in [0.05, 0.1) is 0 Å². The van der Waals surface area contributed by atoms with E-state index in [1.54, 1.807) is 7.11 Å². The van der Waals surface area contributed by atoms with Crippen LogP contribution in [0.5, 0.6) is 0 Å². The molecule has 4 N–H and O–H groups in total. The highest BCUT2D eigenvalue weighted by Crippen LogP contribution is 1.86. The maximum Gasteiger partial charge on any atom is 0.309 e. The van der Waals surface area contributed by atoms with Gasteiger partial charge < -0.3 is 21.1 Å². The minimum atomic E-state index is -0.632. The molecule has 0 radical (unpaired) electrons. The fourth-order valence-electron chi connectivity index (χ4n) is 0.920. The van der Waals surface area contributed by atoms with Crippen molar-refractivity contribution in [3.63, 3.8) is 0 Å². The Bertz CT molecular complexity index is 197. The summed E-state index contributed by atoms with van der Waals surface area (Å²) in [5.74, 6) is -1.24. The van der Waals surface area contributed by atoms with Crippen molar-refractivity contribution in [1.29, 1.82) is 0 Å². The summed E-state index contributed by atoms with van der Waals surface area (Å²) in [5.41, 5.74) is 5.17. The van der Waals surface area contributed by atoms with Crippen LogP contribution in [0.25, 0.3) is 0 Å². The van der Waals surface area contributed by atoms with Crippen LogP contribution in [0.15, 0.2) is 0 Å². The van der Waals surface area contributed by atoms with Gasteiger partial charge in [0.25, 0.3) is 0 Å². The molecule has 2 amide bonds. The summed E-state index contributed by atoms with van der Waals surface area (Å²) in [7, 11) is 1.62. The number of carbonyl (C=O) groups is 2. The van der Waals surface area contributed by atoms with Crippen molar-refractivity contribution in [2.75, 3.05) is 33.4 Å². The molecule has 6 heteroatoms. The number of nitrogens with one attached hydrogen (secondary N) is 2. The van der Waals surface area contributed by atoms with Crippen LogP contribution in [0.1, 0.15) is 12.8 Å². The zero-order valence-electron chi connectivity index (χ0n) is 9.04.